The summed E-state index contributed by atoms with van der Waals surface area (Å²) in [6, 6.07) is 38.8. The minimum atomic E-state index is -2.40. The first-order valence-electron chi connectivity index (χ1n) is 10.4. The van der Waals surface area contributed by atoms with Crippen LogP contribution in [0.3, 0.4) is 0 Å². The van der Waals surface area contributed by atoms with E-state index in [1.165, 1.54) is 0 Å². The van der Waals surface area contributed by atoms with Crippen LogP contribution >= 0.6 is 6.04 Å². The lowest BCUT2D eigenvalue weighted by molar-refractivity contribution is 0.148. The van der Waals surface area contributed by atoms with Crippen LogP contribution in [0.5, 0.6) is 0 Å². The van der Waals surface area contributed by atoms with Crippen molar-refractivity contribution in [3.8, 4) is 0 Å². The zero-order chi connectivity index (χ0) is 21.1. The van der Waals surface area contributed by atoms with Crippen molar-refractivity contribution >= 4 is 35.7 Å². The summed E-state index contributed by atoms with van der Waals surface area (Å²) in [5.74, 6) is -0.509. The van der Waals surface area contributed by atoms with Gasteiger partial charge in [-0.25, -0.2) is 0 Å². The van der Waals surface area contributed by atoms with Crippen LogP contribution in [0.1, 0.15) is 22.8 Å². The van der Waals surface area contributed by atoms with Gasteiger partial charge in [0.1, 0.15) is 11.7 Å². The van der Waals surface area contributed by atoms with Crippen LogP contribution in [-0.2, 0) is 21.1 Å². The Morgan fingerprint density at radius 2 is 0.935 bits per heavy atom. The van der Waals surface area contributed by atoms with Crippen molar-refractivity contribution in [3.05, 3.63) is 132 Å². The molecule has 4 aromatic rings. The molecule has 31 heavy (non-hydrogen) atoms. The summed E-state index contributed by atoms with van der Waals surface area (Å²) in [6.07, 6.45) is 0. The van der Waals surface area contributed by atoms with Crippen molar-refractivity contribution < 1.29 is 9.31 Å². The van der Waals surface area contributed by atoms with Crippen LogP contribution in [0.25, 0.3) is 0 Å². The van der Waals surface area contributed by atoms with Crippen LogP contribution in [0.4, 0.5) is 0 Å². The van der Waals surface area contributed by atoms with Crippen molar-refractivity contribution in [3.63, 3.8) is 0 Å². The number of benzene rings is 4. The first kappa shape index (κ1) is 20.4. The lowest BCUT2D eigenvalue weighted by atomic mass is 9.78. The van der Waals surface area contributed by atoms with Gasteiger partial charge in [-0.3, -0.25) is 0 Å². The van der Waals surface area contributed by atoms with E-state index < -0.39 is 13.2 Å². The smallest absolute Gasteiger partial charge is 0.395 e. The predicted molar refractivity (Wildman–Crippen MR) is 133 cm³/mol. The summed E-state index contributed by atoms with van der Waals surface area (Å²) >= 11 is 6.59. The summed E-state index contributed by atoms with van der Waals surface area (Å²) in [6.45, 7) is 0. The molecule has 0 amide bonds. The largest absolute Gasteiger partial charge is 0.495 e. The fourth-order valence-electron chi connectivity index (χ4n) is 4.10. The van der Waals surface area contributed by atoms with Crippen LogP contribution < -0.4 is 10.8 Å². The second-order valence-corrected chi connectivity index (χ2v) is 12.3. The van der Waals surface area contributed by atoms with Gasteiger partial charge in [0, 0.05) is 6.04 Å². The molecule has 1 aliphatic heterocycles. The monoisotopic (exact) mass is 440 g/mol. The molecule has 2 unspecified atom stereocenters. The molecule has 1 aliphatic rings. The van der Waals surface area contributed by atoms with Crippen LogP contribution in [0.2, 0.25) is 0 Å². The molecule has 0 bridgehead atoms. The van der Waals surface area contributed by atoms with Gasteiger partial charge in [-0.05, 0) is 21.9 Å². The highest BCUT2D eigenvalue weighted by molar-refractivity contribution is 8.18. The van der Waals surface area contributed by atoms with Crippen molar-refractivity contribution in [1.82, 2.24) is 0 Å². The van der Waals surface area contributed by atoms with E-state index in [0.717, 1.165) is 21.9 Å². The first-order valence-corrected chi connectivity index (χ1v) is 13.3. The molecule has 0 spiro atoms. The molecule has 2 atom stereocenters. The summed E-state index contributed by atoms with van der Waals surface area (Å²) in [5.41, 5.74) is 3.19. The molecule has 152 valence electrons. The fourth-order valence-corrected chi connectivity index (χ4v) is 8.74. The molecule has 1 fully saturated rings. The summed E-state index contributed by atoms with van der Waals surface area (Å²) in [4.78, 5) is 0. The molecule has 0 aromatic heterocycles. The van der Waals surface area contributed by atoms with Gasteiger partial charge in [0.05, 0.1) is 0 Å². The van der Waals surface area contributed by atoms with Gasteiger partial charge >= 0.3 is 7.12 Å². The SMILES string of the molecule is S=P1(c2ccccc2)C(c2ccccc2)OB(c2ccccc2)OC1c1ccccc1. The highest BCUT2D eigenvalue weighted by atomic mass is 32.4. The third-order valence-electron chi connectivity index (χ3n) is 5.60. The summed E-state index contributed by atoms with van der Waals surface area (Å²) in [5, 5.41) is 1.12. The van der Waals surface area contributed by atoms with E-state index in [2.05, 4.69) is 48.5 Å². The van der Waals surface area contributed by atoms with Crippen LogP contribution in [0, 0.1) is 0 Å². The van der Waals surface area contributed by atoms with E-state index in [1.807, 2.05) is 72.8 Å². The van der Waals surface area contributed by atoms with Crippen LogP contribution in [-0.4, -0.2) is 7.12 Å². The molecule has 5 rings (SSSR count). The van der Waals surface area contributed by atoms with Crippen molar-refractivity contribution in [2.75, 3.05) is 0 Å². The van der Waals surface area contributed by atoms with Crippen molar-refractivity contribution in [2.45, 2.75) is 11.7 Å². The molecule has 0 N–H and O–H groups in total. The maximum Gasteiger partial charge on any atom is 0.495 e. The van der Waals surface area contributed by atoms with Gasteiger partial charge in [-0.15, -0.1) is 0 Å². The maximum absolute atomic E-state index is 6.70. The fraction of sp³-hybridized carbons (Fsp3) is 0.0769. The van der Waals surface area contributed by atoms with Gasteiger partial charge in [0.15, 0.2) is 0 Å². The molecule has 4 aromatic carbocycles. The molecule has 1 saturated heterocycles. The molecule has 5 heteroatoms. The van der Waals surface area contributed by atoms with Crippen LogP contribution in [0.15, 0.2) is 121 Å². The Kier molecular flexibility index (Phi) is 5.89. The minimum Gasteiger partial charge on any atom is -0.395 e. The average Bonchev–Trinajstić information content (AvgIpc) is 2.86. The normalized spacial score (nSPS) is 23.4. The Labute approximate surface area is 189 Å². The molecular formula is C26H22BO2PS. The van der Waals surface area contributed by atoms with E-state index in [-0.39, 0.29) is 11.7 Å². The third-order valence-corrected chi connectivity index (χ3v) is 10.7. The Morgan fingerprint density at radius 3 is 1.39 bits per heavy atom. The van der Waals surface area contributed by atoms with E-state index in [4.69, 9.17) is 21.1 Å². The molecule has 0 saturated carbocycles. The zero-order valence-electron chi connectivity index (χ0n) is 17.0. The van der Waals surface area contributed by atoms with Gasteiger partial charge in [0.25, 0.3) is 0 Å². The van der Waals surface area contributed by atoms with Gasteiger partial charge in [0.2, 0.25) is 0 Å². The molecule has 1 heterocycles. The number of rotatable bonds is 4. The first-order chi connectivity index (χ1) is 15.3. The lowest BCUT2D eigenvalue weighted by Crippen LogP contribution is -2.44. The van der Waals surface area contributed by atoms with Gasteiger partial charge in [-0.2, -0.15) is 0 Å². The van der Waals surface area contributed by atoms with E-state index in [9.17, 15) is 0 Å². The van der Waals surface area contributed by atoms with E-state index in [0.29, 0.717) is 0 Å². The quantitative estimate of drug-likeness (QED) is 0.303. The molecule has 0 radical (unpaired) electrons. The molecule has 0 aliphatic carbocycles. The average molecular weight is 440 g/mol. The van der Waals surface area contributed by atoms with E-state index >= 15 is 0 Å². The molecule has 2 nitrogen and oxygen atoms in total. The Bertz CT molecular complexity index is 1120. The number of hydrogen-bond acceptors (Lipinski definition) is 3. The maximum atomic E-state index is 6.70. The number of hydrogen-bond donors (Lipinski definition) is 0. The Morgan fingerprint density at radius 1 is 0.548 bits per heavy atom. The highest BCUT2D eigenvalue weighted by Gasteiger charge is 2.49. The summed E-state index contributed by atoms with van der Waals surface area (Å²) in [7, 11) is -0.489. The second-order valence-electron chi connectivity index (χ2n) is 7.59. The standard InChI is InChI=1S/C26H22BO2PS/c31-30(24-19-11-4-12-20-24)25(21-13-5-1-6-14-21)28-27(23-17-9-3-10-18-23)29-26(30)22-15-7-2-8-16-22/h1-20,25-26H. The second kappa shape index (κ2) is 8.94. The van der Waals surface area contributed by atoms with Crippen molar-refractivity contribution in [1.29, 1.82) is 0 Å². The van der Waals surface area contributed by atoms with Gasteiger partial charge in [-0.1, -0.05) is 133 Å². The Balaban J connectivity index is 1.71. The predicted octanol–water partition coefficient (Wildman–Crippen LogP) is 5.63. The topological polar surface area (TPSA) is 18.5 Å². The lowest BCUT2D eigenvalue weighted by Gasteiger charge is -2.45. The van der Waals surface area contributed by atoms with Gasteiger partial charge < -0.3 is 9.31 Å². The van der Waals surface area contributed by atoms with E-state index in [1.54, 1.807) is 0 Å². The zero-order valence-corrected chi connectivity index (χ0v) is 18.7. The third kappa shape index (κ3) is 3.93. The Hall–Kier alpha value is -2.49. The van der Waals surface area contributed by atoms with Crippen molar-refractivity contribution in [2.24, 2.45) is 0 Å². The summed E-state index contributed by atoms with van der Waals surface area (Å²) < 4.78 is 13.4. The highest BCUT2D eigenvalue weighted by Crippen LogP contribution is 2.71. The molecular weight excluding hydrogens is 418 g/mol. The minimum absolute atomic E-state index is 0.254.